The molecular formula is C18H19Y-. The third kappa shape index (κ3) is 2.85. The topological polar surface area (TPSA) is 0 Å². The van der Waals surface area contributed by atoms with E-state index in [2.05, 4.69) is 51.1 Å². The van der Waals surface area contributed by atoms with Gasteiger partial charge in [-0.05, 0) is 48.9 Å². The molecule has 0 aromatic heterocycles. The van der Waals surface area contributed by atoms with Crippen LogP contribution in [0.2, 0.25) is 0 Å². The Labute approximate surface area is 141 Å². The van der Waals surface area contributed by atoms with Gasteiger partial charge in [0.25, 0.3) is 0 Å². The summed E-state index contributed by atoms with van der Waals surface area (Å²) in [7, 11) is 0. The number of hydrogen-bond acceptors (Lipinski definition) is 0. The molecule has 0 saturated carbocycles. The quantitative estimate of drug-likeness (QED) is 0.640. The maximum atomic E-state index is 3.54. The molecule has 1 radical (unpaired) electrons. The van der Waals surface area contributed by atoms with Gasteiger partial charge in [0.15, 0.2) is 0 Å². The fourth-order valence-corrected chi connectivity index (χ4v) is 2.97. The Balaban J connectivity index is 0.00000133. The fraction of sp³-hybridized carbons (Fsp3) is 0.333. The molecule has 0 bridgehead atoms. The van der Waals surface area contributed by atoms with Crippen LogP contribution in [-0.4, -0.2) is 0 Å². The Kier molecular flexibility index (Phi) is 4.64. The average Bonchev–Trinajstić information content (AvgIpc) is 2.53. The molecule has 19 heavy (non-hydrogen) atoms. The number of hydrogen-bond donors (Lipinski definition) is 0. The molecule has 1 aliphatic rings. The van der Waals surface area contributed by atoms with Crippen molar-refractivity contribution in [1.82, 2.24) is 0 Å². The Morgan fingerprint density at radius 2 is 1.63 bits per heavy atom. The minimum Gasteiger partial charge on any atom is -0.177 e. The minimum atomic E-state index is 0. The first-order valence-corrected chi connectivity index (χ1v) is 6.74. The summed E-state index contributed by atoms with van der Waals surface area (Å²) in [5.74, 6) is 0. The van der Waals surface area contributed by atoms with Crippen LogP contribution in [-0.2, 0) is 52.0 Å². The van der Waals surface area contributed by atoms with Gasteiger partial charge in [-0.3, -0.25) is 0 Å². The first-order valence-electron chi connectivity index (χ1n) is 6.74. The molecule has 0 atom stereocenters. The molecular weight excluding hydrogens is 305 g/mol. The predicted octanol–water partition coefficient (Wildman–Crippen LogP) is 4.10. The van der Waals surface area contributed by atoms with Crippen molar-refractivity contribution in [2.75, 3.05) is 0 Å². The smallest absolute Gasteiger partial charge is 0 e. The van der Waals surface area contributed by atoms with Gasteiger partial charge in [-0.25, -0.2) is 0 Å². The largest absolute Gasteiger partial charge is 0.177 e. The van der Waals surface area contributed by atoms with Crippen LogP contribution < -0.4 is 0 Å². The maximum absolute atomic E-state index is 3.54. The minimum absolute atomic E-state index is 0. The van der Waals surface area contributed by atoms with Gasteiger partial charge in [0.05, 0.1) is 0 Å². The van der Waals surface area contributed by atoms with E-state index < -0.39 is 0 Å². The second-order valence-electron chi connectivity index (χ2n) is 5.47. The van der Waals surface area contributed by atoms with Crippen molar-refractivity contribution in [3.63, 3.8) is 0 Å². The predicted molar refractivity (Wildman–Crippen MR) is 76.1 cm³/mol. The van der Waals surface area contributed by atoms with Gasteiger partial charge in [0.2, 0.25) is 0 Å². The summed E-state index contributed by atoms with van der Waals surface area (Å²) >= 11 is 0. The van der Waals surface area contributed by atoms with Gasteiger partial charge in [-0.2, -0.15) is 34.9 Å². The van der Waals surface area contributed by atoms with Gasteiger partial charge in [-0.15, -0.1) is 0 Å². The fourth-order valence-electron chi connectivity index (χ4n) is 2.97. The molecule has 0 spiro atoms. The van der Waals surface area contributed by atoms with Crippen LogP contribution in [0, 0.1) is 26.8 Å². The van der Waals surface area contributed by atoms with E-state index in [-0.39, 0.29) is 32.7 Å². The normalized spacial score (nSPS) is 13.0. The Morgan fingerprint density at radius 3 is 2.42 bits per heavy atom. The molecule has 3 rings (SSSR count). The molecule has 0 amide bonds. The van der Waals surface area contributed by atoms with Crippen LogP contribution in [0.1, 0.15) is 38.9 Å². The molecule has 0 unspecified atom stereocenters. The van der Waals surface area contributed by atoms with Gasteiger partial charge >= 0.3 is 0 Å². The number of rotatable bonds is 0. The Bertz CT molecular complexity index is 611. The van der Waals surface area contributed by atoms with E-state index in [4.69, 9.17) is 0 Å². The zero-order valence-electron chi connectivity index (χ0n) is 12.0. The van der Waals surface area contributed by atoms with E-state index >= 15 is 0 Å². The Hall–Kier alpha value is -0.456. The summed E-state index contributed by atoms with van der Waals surface area (Å²) in [5.41, 5.74) is 10.1. The SMILES string of the molecule is Cc1[c-]c2c(cc1)CCc1c(ccc(C)c1C)C2.[Y]. The van der Waals surface area contributed by atoms with Gasteiger partial charge in [0.1, 0.15) is 0 Å². The molecule has 0 heterocycles. The molecule has 0 aliphatic heterocycles. The van der Waals surface area contributed by atoms with E-state index in [0.717, 1.165) is 12.8 Å². The van der Waals surface area contributed by atoms with Crippen LogP contribution in [0.3, 0.4) is 0 Å². The number of aryl methyl sites for hydroxylation is 3. The van der Waals surface area contributed by atoms with Crippen molar-refractivity contribution < 1.29 is 32.7 Å². The van der Waals surface area contributed by atoms with Crippen molar-refractivity contribution in [1.29, 1.82) is 0 Å². The molecule has 95 valence electrons. The van der Waals surface area contributed by atoms with Gasteiger partial charge < -0.3 is 0 Å². The second kappa shape index (κ2) is 5.89. The summed E-state index contributed by atoms with van der Waals surface area (Å²) in [6.45, 7) is 6.61. The van der Waals surface area contributed by atoms with Crippen molar-refractivity contribution >= 4 is 0 Å². The third-order valence-corrected chi connectivity index (χ3v) is 4.25. The summed E-state index contributed by atoms with van der Waals surface area (Å²) in [6, 6.07) is 12.6. The van der Waals surface area contributed by atoms with Crippen LogP contribution >= 0.6 is 0 Å². The van der Waals surface area contributed by atoms with Crippen molar-refractivity contribution in [3.05, 3.63) is 69.3 Å². The van der Waals surface area contributed by atoms with Crippen molar-refractivity contribution in [2.45, 2.75) is 40.0 Å². The van der Waals surface area contributed by atoms with Gasteiger partial charge in [-0.1, -0.05) is 25.5 Å². The summed E-state index contributed by atoms with van der Waals surface area (Å²) in [4.78, 5) is 0. The van der Waals surface area contributed by atoms with E-state index in [0.29, 0.717) is 0 Å². The first kappa shape index (κ1) is 14.9. The van der Waals surface area contributed by atoms with E-state index in [9.17, 15) is 0 Å². The second-order valence-corrected chi connectivity index (χ2v) is 5.47. The van der Waals surface area contributed by atoms with E-state index in [1.54, 1.807) is 5.56 Å². The number of fused-ring (bicyclic) bond motifs is 2. The van der Waals surface area contributed by atoms with Crippen LogP contribution in [0.4, 0.5) is 0 Å². The van der Waals surface area contributed by atoms with Crippen molar-refractivity contribution in [3.8, 4) is 0 Å². The zero-order chi connectivity index (χ0) is 12.7. The molecule has 0 saturated heterocycles. The molecule has 2 aromatic carbocycles. The molecule has 1 heteroatoms. The molecule has 1 aliphatic carbocycles. The molecule has 0 N–H and O–H groups in total. The van der Waals surface area contributed by atoms with E-state index in [1.807, 2.05) is 0 Å². The summed E-state index contributed by atoms with van der Waals surface area (Å²) in [5, 5.41) is 0. The zero-order valence-corrected chi connectivity index (χ0v) is 14.8. The Morgan fingerprint density at radius 1 is 0.895 bits per heavy atom. The monoisotopic (exact) mass is 324 g/mol. The number of benzene rings is 2. The van der Waals surface area contributed by atoms with E-state index in [1.165, 1.54) is 39.8 Å². The molecule has 0 nitrogen and oxygen atoms in total. The average molecular weight is 324 g/mol. The van der Waals surface area contributed by atoms with Crippen LogP contribution in [0.15, 0.2) is 24.3 Å². The molecule has 0 fully saturated rings. The van der Waals surface area contributed by atoms with Gasteiger partial charge in [0, 0.05) is 32.7 Å². The third-order valence-electron chi connectivity index (χ3n) is 4.25. The summed E-state index contributed by atoms with van der Waals surface area (Å²) in [6.07, 6.45) is 3.38. The maximum Gasteiger partial charge on any atom is 0 e. The summed E-state index contributed by atoms with van der Waals surface area (Å²) < 4.78 is 0. The standard InChI is InChI=1S/C18H19.Y/c1-12-4-6-15-8-9-18-14(3)13(2)5-7-16(18)11-17(15)10-12;/h4-7H,8-9,11H2,1-3H3;/q-1;. The first-order chi connectivity index (χ1) is 8.65. The van der Waals surface area contributed by atoms with Crippen LogP contribution in [0.25, 0.3) is 0 Å². The van der Waals surface area contributed by atoms with Crippen molar-refractivity contribution in [2.24, 2.45) is 0 Å². The molecule has 2 aromatic rings. The van der Waals surface area contributed by atoms with Crippen LogP contribution in [0.5, 0.6) is 0 Å².